The van der Waals surface area contributed by atoms with Crippen molar-refractivity contribution < 1.29 is 22.7 Å². The fraction of sp³-hybridized carbons (Fsp3) is 0.480. The zero-order valence-electron chi connectivity index (χ0n) is 19.7. The Morgan fingerprint density at radius 1 is 0.971 bits per heavy atom. The smallest absolute Gasteiger partial charge is 0.241 e. The number of amides is 1. The Kier molecular flexibility index (Phi) is 7.95. The van der Waals surface area contributed by atoms with Crippen LogP contribution in [0.25, 0.3) is 0 Å². The highest BCUT2D eigenvalue weighted by atomic mass is 32.2. The number of rotatable bonds is 9. The van der Waals surface area contributed by atoms with Gasteiger partial charge in [-0.2, -0.15) is 0 Å². The van der Waals surface area contributed by atoms with E-state index in [1.807, 2.05) is 12.1 Å². The zero-order valence-corrected chi connectivity index (χ0v) is 20.5. The van der Waals surface area contributed by atoms with E-state index in [9.17, 15) is 13.2 Å². The lowest BCUT2D eigenvalue weighted by molar-refractivity contribution is -0.119. The Morgan fingerprint density at radius 2 is 1.65 bits per heavy atom. The largest absolute Gasteiger partial charge is 0.486 e. The van der Waals surface area contributed by atoms with Crippen LogP contribution in [0.5, 0.6) is 11.5 Å². The van der Waals surface area contributed by atoms with Crippen LogP contribution < -0.4 is 19.1 Å². The molecule has 0 saturated carbocycles. The number of fused-ring (bicyclic) bond motifs is 1. The number of hydrogen-bond donors (Lipinski definition) is 1. The summed E-state index contributed by atoms with van der Waals surface area (Å²) in [6, 6.07) is 13.1. The molecule has 4 rings (SSSR count). The lowest BCUT2D eigenvalue weighted by Crippen LogP contribution is -2.41. The molecule has 0 aliphatic carbocycles. The quantitative estimate of drug-likeness (QED) is 0.585. The maximum Gasteiger partial charge on any atom is 0.241 e. The van der Waals surface area contributed by atoms with Crippen molar-refractivity contribution in [3.8, 4) is 11.5 Å². The summed E-state index contributed by atoms with van der Waals surface area (Å²) >= 11 is 0. The molecule has 1 saturated heterocycles. The molecule has 1 fully saturated rings. The van der Waals surface area contributed by atoms with Crippen LogP contribution >= 0.6 is 0 Å². The van der Waals surface area contributed by atoms with E-state index in [-0.39, 0.29) is 18.2 Å². The zero-order chi connectivity index (χ0) is 24.0. The standard InChI is InChI=1S/C25H33N3O5S/c1-2-34(30,31)28(22-10-11-23-24(16-22)33-15-14-32-23)19-25(29)26-17-20-6-8-21(9-7-20)18-27-12-4-3-5-13-27/h6-11,16H,2-5,12-15,17-19H2,1H3,(H,26,29). The maximum absolute atomic E-state index is 12.7. The van der Waals surface area contributed by atoms with Crippen molar-refractivity contribution in [1.29, 1.82) is 0 Å². The second-order valence-electron chi connectivity index (χ2n) is 8.67. The topological polar surface area (TPSA) is 88.2 Å². The second kappa shape index (κ2) is 11.1. The van der Waals surface area contributed by atoms with Crippen LogP contribution in [0.15, 0.2) is 42.5 Å². The molecule has 2 aliphatic heterocycles. The number of nitrogens with one attached hydrogen (secondary N) is 1. The van der Waals surface area contributed by atoms with Gasteiger partial charge in [0.25, 0.3) is 0 Å². The number of ether oxygens (including phenoxy) is 2. The van der Waals surface area contributed by atoms with Crippen molar-refractivity contribution in [3.05, 3.63) is 53.6 Å². The third-order valence-corrected chi connectivity index (χ3v) is 7.91. The molecule has 0 spiro atoms. The Balaban J connectivity index is 1.36. The monoisotopic (exact) mass is 487 g/mol. The first-order chi connectivity index (χ1) is 16.4. The third kappa shape index (κ3) is 6.21. The number of likely N-dealkylation sites (tertiary alicyclic amines) is 1. The molecule has 0 aromatic heterocycles. The molecule has 2 aromatic rings. The number of anilines is 1. The highest BCUT2D eigenvalue weighted by molar-refractivity contribution is 7.92. The van der Waals surface area contributed by atoms with E-state index in [1.54, 1.807) is 25.1 Å². The Labute approximate surface area is 201 Å². The normalized spacial score (nSPS) is 16.1. The number of hydrogen-bond acceptors (Lipinski definition) is 6. The number of benzene rings is 2. The number of sulfonamides is 1. The van der Waals surface area contributed by atoms with Crippen LogP contribution in [0.4, 0.5) is 5.69 Å². The van der Waals surface area contributed by atoms with Crippen LogP contribution in [-0.2, 0) is 27.9 Å². The summed E-state index contributed by atoms with van der Waals surface area (Å²) in [6.45, 7) is 5.69. The molecule has 2 aromatic carbocycles. The van der Waals surface area contributed by atoms with Gasteiger partial charge in [0.2, 0.25) is 15.9 Å². The van der Waals surface area contributed by atoms with Crippen LogP contribution in [0, 0.1) is 0 Å². The predicted molar refractivity (Wildman–Crippen MR) is 132 cm³/mol. The molecule has 0 bridgehead atoms. The van der Waals surface area contributed by atoms with Crippen molar-refractivity contribution in [3.63, 3.8) is 0 Å². The van der Waals surface area contributed by atoms with Gasteiger partial charge in [-0.05, 0) is 56.1 Å². The highest BCUT2D eigenvalue weighted by Gasteiger charge is 2.25. The van der Waals surface area contributed by atoms with E-state index in [0.29, 0.717) is 36.9 Å². The average molecular weight is 488 g/mol. The number of piperidine rings is 1. The minimum atomic E-state index is -3.67. The molecule has 184 valence electrons. The molecule has 2 aliphatic rings. The van der Waals surface area contributed by atoms with Gasteiger partial charge in [-0.1, -0.05) is 30.7 Å². The molecule has 34 heavy (non-hydrogen) atoms. The summed E-state index contributed by atoms with van der Waals surface area (Å²) in [7, 11) is -3.67. The van der Waals surface area contributed by atoms with Gasteiger partial charge < -0.3 is 14.8 Å². The minimum Gasteiger partial charge on any atom is -0.486 e. The second-order valence-corrected chi connectivity index (χ2v) is 10.8. The summed E-state index contributed by atoms with van der Waals surface area (Å²) in [5.74, 6) is 0.555. The van der Waals surface area contributed by atoms with E-state index in [0.717, 1.165) is 29.5 Å². The van der Waals surface area contributed by atoms with Gasteiger partial charge in [-0.15, -0.1) is 0 Å². The molecule has 0 unspecified atom stereocenters. The van der Waals surface area contributed by atoms with E-state index in [1.165, 1.54) is 24.8 Å². The van der Waals surface area contributed by atoms with E-state index in [4.69, 9.17) is 9.47 Å². The van der Waals surface area contributed by atoms with Crippen molar-refractivity contribution in [2.75, 3.05) is 42.9 Å². The fourth-order valence-electron chi connectivity index (χ4n) is 4.22. The van der Waals surface area contributed by atoms with Crippen LogP contribution in [0.2, 0.25) is 0 Å². The first-order valence-corrected chi connectivity index (χ1v) is 13.5. The Hall–Kier alpha value is -2.78. The van der Waals surface area contributed by atoms with Gasteiger partial charge in [0.15, 0.2) is 11.5 Å². The number of nitrogens with zero attached hydrogens (tertiary/aromatic N) is 2. The van der Waals surface area contributed by atoms with Gasteiger partial charge in [0.1, 0.15) is 19.8 Å². The van der Waals surface area contributed by atoms with E-state index >= 15 is 0 Å². The van der Waals surface area contributed by atoms with Gasteiger partial charge >= 0.3 is 0 Å². The maximum atomic E-state index is 12.7. The van der Waals surface area contributed by atoms with Gasteiger partial charge in [-0.25, -0.2) is 8.42 Å². The first kappa shape index (κ1) is 24.3. The third-order valence-electron chi connectivity index (χ3n) is 6.17. The Morgan fingerprint density at radius 3 is 2.35 bits per heavy atom. The summed E-state index contributed by atoms with van der Waals surface area (Å²) in [5, 5.41) is 2.85. The van der Waals surface area contributed by atoms with Crippen molar-refractivity contribution in [1.82, 2.24) is 10.2 Å². The first-order valence-electron chi connectivity index (χ1n) is 11.9. The number of carbonyl (C=O) groups is 1. The van der Waals surface area contributed by atoms with Crippen molar-refractivity contribution >= 4 is 21.6 Å². The van der Waals surface area contributed by atoms with Crippen molar-refractivity contribution in [2.24, 2.45) is 0 Å². The molecule has 0 radical (unpaired) electrons. The van der Waals surface area contributed by atoms with Gasteiger partial charge in [-0.3, -0.25) is 14.0 Å². The average Bonchev–Trinajstić information content (AvgIpc) is 2.87. The summed E-state index contributed by atoms with van der Waals surface area (Å²) in [5.41, 5.74) is 2.61. The minimum absolute atomic E-state index is 0.118. The lowest BCUT2D eigenvalue weighted by Gasteiger charge is -2.26. The van der Waals surface area contributed by atoms with Gasteiger partial charge in [0, 0.05) is 19.2 Å². The predicted octanol–water partition coefficient (Wildman–Crippen LogP) is 2.92. The molecule has 1 amide bonds. The molecular weight excluding hydrogens is 454 g/mol. The molecule has 0 atom stereocenters. The van der Waals surface area contributed by atoms with Crippen molar-refractivity contribution in [2.45, 2.75) is 39.3 Å². The van der Waals surface area contributed by atoms with Gasteiger partial charge in [0.05, 0.1) is 11.4 Å². The van der Waals surface area contributed by atoms with Crippen LogP contribution in [0.3, 0.4) is 0 Å². The van der Waals surface area contributed by atoms with E-state index < -0.39 is 10.0 Å². The fourth-order valence-corrected chi connectivity index (χ4v) is 5.28. The molecule has 1 N–H and O–H groups in total. The summed E-state index contributed by atoms with van der Waals surface area (Å²) in [6.07, 6.45) is 3.85. The highest BCUT2D eigenvalue weighted by Crippen LogP contribution is 2.34. The Bertz CT molecular complexity index is 1080. The van der Waals surface area contributed by atoms with Crippen LogP contribution in [-0.4, -0.2) is 57.8 Å². The lowest BCUT2D eigenvalue weighted by atomic mass is 10.1. The molecule has 9 heteroatoms. The van der Waals surface area contributed by atoms with Crippen LogP contribution in [0.1, 0.15) is 37.3 Å². The summed E-state index contributed by atoms with van der Waals surface area (Å²) < 4.78 is 37.7. The summed E-state index contributed by atoms with van der Waals surface area (Å²) in [4.78, 5) is 15.2. The SMILES string of the molecule is CCS(=O)(=O)N(CC(=O)NCc1ccc(CN2CCCCC2)cc1)c1ccc2c(c1)OCCO2. The van der Waals surface area contributed by atoms with E-state index in [2.05, 4.69) is 22.3 Å². The molecular formula is C25H33N3O5S. The number of carbonyl (C=O) groups excluding carboxylic acids is 1. The molecule has 8 nitrogen and oxygen atoms in total. The molecule has 2 heterocycles.